The minimum absolute atomic E-state index is 0.0296. The molecule has 35 heavy (non-hydrogen) atoms. The number of nitrogens with zero attached hydrogens (tertiary/aromatic N) is 5. The highest BCUT2D eigenvalue weighted by atomic mass is 16.5. The Morgan fingerprint density at radius 1 is 1.11 bits per heavy atom. The van der Waals surface area contributed by atoms with Crippen LogP contribution in [0, 0.1) is 5.92 Å². The number of fused-ring (bicyclic) bond motifs is 1. The highest BCUT2D eigenvalue weighted by molar-refractivity contribution is 5.94. The lowest BCUT2D eigenvalue weighted by atomic mass is 9.92. The lowest BCUT2D eigenvalue weighted by Gasteiger charge is -2.26. The van der Waals surface area contributed by atoms with Gasteiger partial charge in [-0.15, -0.1) is 5.10 Å². The number of H-pyrrole nitrogens is 1. The van der Waals surface area contributed by atoms with Crippen molar-refractivity contribution in [1.82, 2.24) is 35.4 Å². The summed E-state index contributed by atoms with van der Waals surface area (Å²) in [4.78, 5) is 14.5. The molecule has 0 spiro atoms. The summed E-state index contributed by atoms with van der Waals surface area (Å²) in [6.45, 7) is 4.65. The maximum atomic E-state index is 12.7. The molecule has 2 aliphatic heterocycles. The van der Waals surface area contributed by atoms with E-state index >= 15 is 0 Å². The monoisotopic (exact) mass is 471 g/mol. The second-order valence-electron chi connectivity index (χ2n) is 9.37. The molecule has 2 fully saturated rings. The highest BCUT2D eigenvalue weighted by Gasteiger charge is 2.19. The van der Waals surface area contributed by atoms with E-state index in [0.717, 1.165) is 41.8 Å². The number of carbonyl (C=O) groups is 1. The molecule has 4 aromatic rings. The van der Waals surface area contributed by atoms with Gasteiger partial charge in [0.25, 0.3) is 5.91 Å². The number of piperidine rings is 1. The van der Waals surface area contributed by atoms with Gasteiger partial charge in [0.05, 0.1) is 30.6 Å². The minimum Gasteiger partial charge on any atom is -0.378 e. The van der Waals surface area contributed by atoms with Crippen LogP contribution in [0.25, 0.3) is 28.0 Å². The van der Waals surface area contributed by atoms with Gasteiger partial charge in [-0.2, -0.15) is 5.10 Å². The summed E-state index contributed by atoms with van der Waals surface area (Å²) in [5, 5.41) is 20.9. The number of aromatic nitrogens is 5. The molecule has 0 radical (unpaired) electrons. The average Bonchev–Trinajstić information content (AvgIpc) is 3.57. The van der Waals surface area contributed by atoms with E-state index in [1.165, 1.54) is 18.4 Å². The molecule has 2 saturated heterocycles. The van der Waals surface area contributed by atoms with Crippen LogP contribution in [0.4, 0.5) is 0 Å². The van der Waals surface area contributed by atoms with Crippen LogP contribution in [0.3, 0.4) is 0 Å². The molecule has 180 valence electrons. The molecule has 2 aliphatic rings. The number of hydrogen-bond acceptors (Lipinski definition) is 6. The van der Waals surface area contributed by atoms with Crippen LogP contribution < -0.4 is 5.32 Å². The van der Waals surface area contributed by atoms with Crippen molar-refractivity contribution in [3.8, 4) is 17.1 Å². The van der Waals surface area contributed by atoms with Gasteiger partial charge in [-0.3, -0.25) is 9.89 Å². The first-order valence-electron chi connectivity index (χ1n) is 12.3. The van der Waals surface area contributed by atoms with E-state index < -0.39 is 0 Å². The molecule has 1 unspecified atom stereocenters. The smallest absolute Gasteiger partial charge is 0.254 e. The fourth-order valence-corrected chi connectivity index (χ4v) is 5.02. The highest BCUT2D eigenvalue weighted by Crippen LogP contribution is 2.27. The Morgan fingerprint density at radius 2 is 1.97 bits per heavy atom. The van der Waals surface area contributed by atoms with Crippen molar-refractivity contribution in [2.75, 3.05) is 39.4 Å². The van der Waals surface area contributed by atoms with E-state index in [1.807, 2.05) is 35.4 Å². The molecule has 0 aliphatic carbocycles. The number of nitrogens with one attached hydrogen (secondary N) is 2. The lowest BCUT2D eigenvalue weighted by Crippen LogP contribution is -2.40. The Bertz CT molecular complexity index is 1320. The first-order chi connectivity index (χ1) is 17.2. The molecular weight excluding hydrogens is 442 g/mol. The molecule has 1 atom stereocenters. The Labute approximate surface area is 203 Å². The first kappa shape index (κ1) is 21.9. The zero-order valence-corrected chi connectivity index (χ0v) is 19.6. The molecule has 2 aromatic carbocycles. The van der Waals surface area contributed by atoms with Crippen molar-refractivity contribution in [2.24, 2.45) is 5.92 Å². The van der Waals surface area contributed by atoms with Crippen LogP contribution in [0.5, 0.6) is 0 Å². The van der Waals surface area contributed by atoms with Gasteiger partial charge in [0, 0.05) is 24.0 Å². The van der Waals surface area contributed by atoms with Gasteiger partial charge in [-0.05, 0) is 80.2 Å². The second kappa shape index (κ2) is 9.59. The van der Waals surface area contributed by atoms with Crippen molar-refractivity contribution < 1.29 is 9.53 Å². The second-order valence-corrected chi connectivity index (χ2v) is 9.37. The molecule has 9 heteroatoms. The summed E-state index contributed by atoms with van der Waals surface area (Å²) in [6.07, 6.45) is 5.46. The largest absolute Gasteiger partial charge is 0.378 e. The van der Waals surface area contributed by atoms with E-state index in [4.69, 9.17) is 4.74 Å². The molecular formula is C26H29N7O2. The number of rotatable bonds is 5. The quantitative estimate of drug-likeness (QED) is 0.464. The Balaban J connectivity index is 1.21. The predicted octanol–water partition coefficient (Wildman–Crippen LogP) is 2.83. The van der Waals surface area contributed by atoms with Crippen LogP contribution >= 0.6 is 0 Å². The van der Waals surface area contributed by atoms with E-state index in [0.29, 0.717) is 43.5 Å². The first-order valence-corrected chi connectivity index (χ1v) is 12.3. The third-order valence-electron chi connectivity index (χ3n) is 6.96. The van der Waals surface area contributed by atoms with Crippen LogP contribution in [-0.2, 0) is 11.2 Å². The van der Waals surface area contributed by atoms with Crippen LogP contribution in [0.2, 0.25) is 0 Å². The summed E-state index contributed by atoms with van der Waals surface area (Å²) in [5.74, 6) is 0.706. The van der Waals surface area contributed by atoms with Crippen molar-refractivity contribution in [3.63, 3.8) is 0 Å². The van der Waals surface area contributed by atoms with Crippen molar-refractivity contribution >= 4 is 16.8 Å². The third kappa shape index (κ3) is 4.56. The van der Waals surface area contributed by atoms with Crippen molar-refractivity contribution in [2.45, 2.75) is 19.3 Å². The fourth-order valence-electron chi connectivity index (χ4n) is 5.02. The van der Waals surface area contributed by atoms with Gasteiger partial charge < -0.3 is 15.0 Å². The van der Waals surface area contributed by atoms with Gasteiger partial charge in [-0.25, -0.2) is 4.68 Å². The van der Waals surface area contributed by atoms with Crippen LogP contribution in [0.1, 0.15) is 28.8 Å². The predicted molar refractivity (Wildman–Crippen MR) is 132 cm³/mol. The Kier molecular flexibility index (Phi) is 6.01. The topological polar surface area (TPSA) is 101 Å². The Hall–Kier alpha value is -3.56. The molecule has 2 N–H and O–H groups in total. The van der Waals surface area contributed by atoms with Crippen LogP contribution in [0.15, 0.2) is 48.7 Å². The summed E-state index contributed by atoms with van der Waals surface area (Å²) in [7, 11) is 0. The van der Waals surface area contributed by atoms with E-state index in [9.17, 15) is 4.79 Å². The SMILES string of the molecule is O=C(c1ccc(-n2cc(-c3n[nH]c4ccc(CC5CCCNC5)cc34)nn2)cc1)N1CCOCC1. The van der Waals surface area contributed by atoms with Gasteiger partial charge >= 0.3 is 0 Å². The number of aromatic amines is 1. The standard InChI is InChI=1S/C26H29N7O2/c34-26(32-10-12-35-13-11-32)20-4-6-21(7-5-20)33-17-24(29-31-33)25-22-15-18(3-8-23(22)28-30-25)14-19-2-1-9-27-16-19/h3-8,15,17,19,27H,1-2,9-14,16H2,(H,28,30). The number of amides is 1. The van der Waals surface area contributed by atoms with Crippen LogP contribution in [-0.4, -0.2) is 75.4 Å². The number of morpholine rings is 1. The molecule has 4 heterocycles. The summed E-state index contributed by atoms with van der Waals surface area (Å²) in [5.41, 5.74) is 5.32. The lowest BCUT2D eigenvalue weighted by molar-refractivity contribution is 0.0303. The molecule has 2 aromatic heterocycles. The number of benzene rings is 2. The third-order valence-corrected chi connectivity index (χ3v) is 6.96. The number of carbonyl (C=O) groups excluding carboxylic acids is 1. The summed E-state index contributed by atoms with van der Waals surface area (Å²) in [6, 6.07) is 14.0. The molecule has 1 amide bonds. The maximum Gasteiger partial charge on any atom is 0.254 e. The van der Waals surface area contributed by atoms with E-state index in [2.05, 4.69) is 44.0 Å². The zero-order chi connectivity index (χ0) is 23.6. The summed E-state index contributed by atoms with van der Waals surface area (Å²) < 4.78 is 7.06. The molecule has 9 nitrogen and oxygen atoms in total. The molecule has 0 bridgehead atoms. The van der Waals surface area contributed by atoms with Gasteiger partial charge in [-0.1, -0.05) is 11.3 Å². The average molecular weight is 472 g/mol. The summed E-state index contributed by atoms with van der Waals surface area (Å²) >= 11 is 0. The maximum absolute atomic E-state index is 12.7. The Morgan fingerprint density at radius 3 is 2.77 bits per heavy atom. The number of hydrogen-bond donors (Lipinski definition) is 2. The van der Waals surface area contributed by atoms with Crippen molar-refractivity contribution in [3.05, 3.63) is 59.8 Å². The van der Waals surface area contributed by atoms with E-state index in [-0.39, 0.29) is 5.91 Å². The minimum atomic E-state index is 0.0296. The van der Waals surface area contributed by atoms with Crippen molar-refractivity contribution in [1.29, 1.82) is 0 Å². The van der Waals surface area contributed by atoms with Gasteiger partial charge in [0.2, 0.25) is 0 Å². The zero-order valence-electron chi connectivity index (χ0n) is 19.6. The number of ether oxygens (including phenoxy) is 1. The molecule has 6 rings (SSSR count). The molecule has 0 saturated carbocycles. The normalized spacial score (nSPS) is 18.7. The van der Waals surface area contributed by atoms with Gasteiger partial charge in [0.1, 0.15) is 11.4 Å². The van der Waals surface area contributed by atoms with Gasteiger partial charge in [0.15, 0.2) is 0 Å². The fraction of sp³-hybridized carbons (Fsp3) is 0.385. The van der Waals surface area contributed by atoms with E-state index in [1.54, 1.807) is 4.68 Å².